The van der Waals surface area contributed by atoms with Crippen LogP contribution in [0.5, 0.6) is 0 Å². The first-order valence-electron chi connectivity index (χ1n) is 8.22. The quantitative estimate of drug-likeness (QED) is 0.209. The molecule has 2 N–H and O–H groups in total. The summed E-state index contributed by atoms with van der Waals surface area (Å²) in [5.41, 5.74) is -1.90. The van der Waals surface area contributed by atoms with E-state index in [1.165, 1.54) is 12.1 Å². The van der Waals surface area contributed by atoms with E-state index in [1.807, 2.05) is 0 Å². The number of hydrogen-bond acceptors (Lipinski definition) is 9. The number of non-ortho nitro benzene ring substituents is 1. The summed E-state index contributed by atoms with van der Waals surface area (Å²) in [5.74, 6) is -7.30. The second-order valence-corrected chi connectivity index (χ2v) is 6.04. The molecule has 0 bridgehead atoms. The molecule has 0 heterocycles. The van der Waals surface area contributed by atoms with E-state index >= 15 is 0 Å². The highest BCUT2D eigenvalue weighted by Crippen LogP contribution is 2.36. The summed E-state index contributed by atoms with van der Waals surface area (Å²) in [6.07, 6.45) is -0.202. The van der Waals surface area contributed by atoms with Gasteiger partial charge in [-0.05, 0) is 25.8 Å². The van der Waals surface area contributed by atoms with Crippen LogP contribution in [0.1, 0.15) is 38.7 Å². The molecule has 0 aliphatic rings. The number of aliphatic hydroxyl groups excluding tert-OH is 1. The number of allylic oxidation sites excluding steroid dienone is 1. The van der Waals surface area contributed by atoms with E-state index in [-0.39, 0.29) is 5.56 Å². The van der Waals surface area contributed by atoms with Gasteiger partial charge in [0.25, 0.3) is 5.69 Å². The van der Waals surface area contributed by atoms with Crippen molar-refractivity contribution in [2.75, 3.05) is 0 Å². The number of carbonyl (C=O) groups excluding carboxylic acids is 2. The molecular weight excluding hydrogens is 376 g/mol. The third kappa shape index (κ3) is 5.25. The van der Waals surface area contributed by atoms with Gasteiger partial charge in [-0.2, -0.15) is 0 Å². The molecule has 0 aliphatic carbocycles. The number of benzene rings is 1. The molecule has 11 nitrogen and oxygen atoms in total. The fraction of sp³-hybridized carbons (Fsp3) is 0.412. The predicted molar refractivity (Wildman–Crippen MR) is 95.1 cm³/mol. The van der Waals surface area contributed by atoms with E-state index < -0.39 is 56.9 Å². The monoisotopic (exact) mass is 396 g/mol. The summed E-state index contributed by atoms with van der Waals surface area (Å²) in [7, 11) is 0. The van der Waals surface area contributed by atoms with Crippen molar-refractivity contribution in [2.45, 2.75) is 39.2 Å². The zero-order valence-electron chi connectivity index (χ0n) is 15.4. The topological polar surface area (TPSA) is 170 Å². The molecule has 0 amide bonds. The lowest BCUT2D eigenvalue weighted by molar-refractivity contribution is -0.436. The van der Waals surface area contributed by atoms with Gasteiger partial charge in [0, 0.05) is 12.1 Å². The van der Waals surface area contributed by atoms with Crippen LogP contribution in [0.3, 0.4) is 0 Å². The van der Waals surface area contributed by atoms with E-state index in [0.29, 0.717) is 6.42 Å². The molecule has 3 atom stereocenters. The van der Waals surface area contributed by atoms with Gasteiger partial charge in [-0.3, -0.25) is 29.8 Å². The van der Waals surface area contributed by atoms with E-state index in [0.717, 1.165) is 19.1 Å². The first-order valence-corrected chi connectivity index (χ1v) is 8.22. The number of nitro benzene ring substituents is 1. The maximum absolute atomic E-state index is 12.6. The SMILES string of the molecule is CCC(C)OC(=O)C(C(C)=O)C(C(=C(O)O)[N+](=O)[O-])c1cccc([N+](=O)[O-])c1. The van der Waals surface area contributed by atoms with Crippen molar-refractivity contribution in [3.8, 4) is 0 Å². The van der Waals surface area contributed by atoms with Crippen molar-refractivity contribution in [3.05, 3.63) is 61.7 Å². The van der Waals surface area contributed by atoms with E-state index in [9.17, 15) is 40.0 Å². The number of aliphatic hydroxyl groups is 2. The van der Waals surface area contributed by atoms with Gasteiger partial charge in [-0.25, -0.2) is 0 Å². The average molecular weight is 396 g/mol. The van der Waals surface area contributed by atoms with Gasteiger partial charge in [0.15, 0.2) is 0 Å². The lowest BCUT2D eigenvalue weighted by Crippen LogP contribution is -2.35. The van der Waals surface area contributed by atoms with Gasteiger partial charge >= 0.3 is 17.6 Å². The molecule has 11 heteroatoms. The summed E-state index contributed by atoms with van der Waals surface area (Å²) < 4.78 is 5.11. The van der Waals surface area contributed by atoms with Crippen molar-refractivity contribution in [1.29, 1.82) is 0 Å². The summed E-state index contributed by atoms with van der Waals surface area (Å²) >= 11 is 0. The number of rotatable bonds is 9. The fourth-order valence-corrected chi connectivity index (χ4v) is 2.57. The Morgan fingerprint density at radius 1 is 1.21 bits per heavy atom. The molecule has 1 aromatic rings. The molecule has 0 aliphatic heterocycles. The van der Waals surface area contributed by atoms with Gasteiger partial charge in [-0.1, -0.05) is 19.1 Å². The Bertz CT molecular complexity index is 815. The average Bonchev–Trinajstić information content (AvgIpc) is 2.59. The van der Waals surface area contributed by atoms with Gasteiger partial charge in [0.05, 0.1) is 16.0 Å². The highest BCUT2D eigenvalue weighted by Gasteiger charge is 2.45. The molecule has 152 valence electrons. The Hall–Kier alpha value is -3.50. The lowest BCUT2D eigenvalue weighted by Gasteiger charge is -2.23. The Labute approximate surface area is 159 Å². The minimum Gasteiger partial charge on any atom is -0.476 e. The second-order valence-electron chi connectivity index (χ2n) is 6.04. The molecule has 28 heavy (non-hydrogen) atoms. The largest absolute Gasteiger partial charge is 0.476 e. The highest BCUT2D eigenvalue weighted by atomic mass is 16.6. The first kappa shape index (κ1) is 22.5. The van der Waals surface area contributed by atoms with Crippen molar-refractivity contribution >= 4 is 17.4 Å². The van der Waals surface area contributed by atoms with E-state index in [4.69, 9.17) is 4.74 Å². The van der Waals surface area contributed by atoms with Crippen LogP contribution < -0.4 is 0 Å². The lowest BCUT2D eigenvalue weighted by atomic mass is 9.81. The Morgan fingerprint density at radius 2 is 1.82 bits per heavy atom. The number of ether oxygens (including phenoxy) is 1. The minimum absolute atomic E-state index is 0.192. The molecule has 0 saturated heterocycles. The van der Waals surface area contributed by atoms with Crippen LogP contribution in [0.4, 0.5) is 5.69 Å². The number of nitrogens with zero attached hydrogens (tertiary/aromatic N) is 2. The summed E-state index contributed by atoms with van der Waals surface area (Å²) in [4.78, 5) is 45.3. The van der Waals surface area contributed by atoms with E-state index in [2.05, 4.69) is 0 Å². The maximum Gasteiger partial charge on any atom is 0.351 e. The zero-order chi connectivity index (χ0) is 21.6. The Kier molecular flexibility index (Phi) is 7.60. The minimum atomic E-state index is -1.81. The maximum atomic E-state index is 12.6. The van der Waals surface area contributed by atoms with Crippen LogP contribution in [-0.4, -0.2) is 37.9 Å². The third-order valence-corrected chi connectivity index (χ3v) is 4.08. The number of ketones is 1. The van der Waals surface area contributed by atoms with Crippen LogP contribution in [0.2, 0.25) is 0 Å². The summed E-state index contributed by atoms with van der Waals surface area (Å²) in [6, 6.07) is 4.43. The number of Topliss-reactive ketones (excluding diaryl/α,β-unsaturated/α-hetero) is 1. The number of hydrogen-bond donors (Lipinski definition) is 2. The first-order chi connectivity index (χ1) is 13.0. The van der Waals surface area contributed by atoms with Crippen LogP contribution >= 0.6 is 0 Å². The van der Waals surface area contributed by atoms with Crippen LogP contribution in [0, 0.1) is 26.1 Å². The molecule has 1 aromatic carbocycles. The zero-order valence-corrected chi connectivity index (χ0v) is 15.4. The Morgan fingerprint density at radius 3 is 2.25 bits per heavy atom. The number of esters is 1. The van der Waals surface area contributed by atoms with Crippen molar-refractivity contribution in [1.82, 2.24) is 0 Å². The molecule has 0 spiro atoms. The van der Waals surface area contributed by atoms with Gasteiger partial charge in [-0.15, -0.1) is 0 Å². The summed E-state index contributed by atoms with van der Waals surface area (Å²) in [6.45, 7) is 4.24. The Balaban J connectivity index is 3.69. The number of carbonyl (C=O) groups is 2. The highest BCUT2D eigenvalue weighted by molar-refractivity contribution is 5.99. The van der Waals surface area contributed by atoms with Crippen LogP contribution in [0.25, 0.3) is 0 Å². The normalized spacial score (nSPS) is 13.7. The van der Waals surface area contributed by atoms with Crippen molar-refractivity contribution < 1.29 is 34.4 Å². The number of nitro groups is 2. The van der Waals surface area contributed by atoms with Crippen LogP contribution in [-0.2, 0) is 14.3 Å². The molecule has 0 radical (unpaired) electrons. The second kappa shape index (κ2) is 9.44. The predicted octanol–water partition coefficient (Wildman–Crippen LogP) is 2.79. The van der Waals surface area contributed by atoms with Gasteiger partial charge in [0.1, 0.15) is 17.6 Å². The van der Waals surface area contributed by atoms with E-state index in [1.54, 1.807) is 13.8 Å². The van der Waals surface area contributed by atoms with Gasteiger partial charge in [0.2, 0.25) is 0 Å². The fourth-order valence-electron chi connectivity index (χ4n) is 2.57. The molecule has 0 fully saturated rings. The summed E-state index contributed by atoms with van der Waals surface area (Å²) in [5, 5.41) is 41.3. The molecule has 0 aromatic heterocycles. The van der Waals surface area contributed by atoms with Crippen molar-refractivity contribution in [3.63, 3.8) is 0 Å². The molecule has 0 saturated carbocycles. The molecule has 1 rings (SSSR count). The van der Waals surface area contributed by atoms with Crippen LogP contribution in [0.15, 0.2) is 35.9 Å². The van der Waals surface area contributed by atoms with Gasteiger partial charge < -0.3 is 14.9 Å². The standard InChI is InChI=1S/C17H20N2O9/c1-4-9(2)28-17(23)13(10(3)20)14(15(16(21)22)19(26)27)11-6-5-7-12(8-11)18(24)25/h5-9,13-14,21-22H,4H2,1-3H3. The smallest absolute Gasteiger partial charge is 0.351 e. The third-order valence-electron chi connectivity index (χ3n) is 4.08. The van der Waals surface area contributed by atoms with Crippen molar-refractivity contribution in [2.24, 2.45) is 5.92 Å². The molecule has 3 unspecified atom stereocenters. The molecular formula is C17H20N2O9.